The van der Waals surface area contributed by atoms with Gasteiger partial charge in [-0.3, -0.25) is 0 Å². The molecule has 21 heavy (non-hydrogen) atoms. The lowest BCUT2D eigenvalue weighted by molar-refractivity contribution is 0.410. The summed E-state index contributed by atoms with van der Waals surface area (Å²) in [7, 11) is -5.47. The Balaban J connectivity index is 2.91. The largest absolute Gasteiger partial charge is 0.497 e. The van der Waals surface area contributed by atoms with Crippen molar-refractivity contribution in [3.8, 4) is 5.75 Å². The molecule has 0 bridgehead atoms. The van der Waals surface area contributed by atoms with Gasteiger partial charge in [0, 0.05) is 29.7 Å². The van der Waals surface area contributed by atoms with E-state index >= 15 is 0 Å². The van der Waals surface area contributed by atoms with Gasteiger partial charge in [-0.15, -0.1) is 0 Å². The molecule has 0 atom stereocenters. The van der Waals surface area contributed by atoms with Crippen LogP contribution in [0.2, 0.25) is 0 Å². The number of hydrogen-bond acceptors (Lipinski definition) is 4. The van der Waals surface area contributed by atoms with Crippen molar-refractivity contribution < 1.29 is 21.8 Å². The van der Waals surface area contributed by atoms with Crippen LogP contribution in [0.4, 0.5) is 4.39 Å². The second-order valence-electron chi connectivity index (χ2n) is 4.18. The van der Waals surface area contributed by atoms with Crippen LogP contribution in [0.3, 0.4) is 0 Å². The van der Waals surface area contributed by atoms with Crippen molar-refractivity contribution in [2.45, 2.75) is 20.4 Å². The number of halogens is 1. The van der Waals surface area contributed by atoms with Crippen molar-refractivity contribution in [2.24, 2.45) is 3.77 Å². The van der Waals surface area contributed by atoms with Gasteiger partial charge in [0.05, 0.1) is 16.8 Å². The highest BCUT2D eigenvalue weighted by atomic mass is 32.3. The summed E-state index contributed by atoms with van der Waals surface area (Å²) in [5.74, 6) is 0.0235. The highest BCUT2D eigenvalue weighted by molar-refractivity contribution is 8.02. The van der Waals surface area contributed by atoms with Crippen molar-refractivity contribution in [3.63, 3.8) is 0 Å². The van der Waals surface area contributed by atoms with Gasteiger partial charge in [0.15, 0.2) is 0 Å². The zero-order valence-corrected chi connectivity index (χ0v) is 13.8. The Morgan fingerprint density at radius 3 is 2.33 bits per heavy atom. The first-order chi connectivity index (χ1) is 9.75. The van der Waals surface area contributed by atoms with Crippen molar-refractivity contribution >= 4 is 19.9 Å². The summed E-state index contributed by atoms with van der Waals surface area (Å²) in [6, 6.07) is 4.08. The summed E-state index contributed by atoms with van der Waals surface area (Å²) in [6.07, 6.45) is 0. The summed E-state index contributed by atoms with van der Waals surface area (Å²) in [5.41, 5.74) is 0.147. The van der Waals surface area contributed by atoms with E-state index in [1.54, 1.807) is 13.8 Å². The van der Waals surface area contributed by atoms with E-state index in [1.807, 2.05) is 0 Å². The maximum Gasteiger partial charge on any atom is 0.327 e. The molecular formula is C12H19FN2O4S2. The van der Waals surface area contributed by atoms with E-state index in [4.69, 9.17) is 4.74 Å². The summed E-state index contributed by atoms with van der Waals surface area (Å²) in [5, 5.41) is 0. The molecule has 0 saturated carbocycles. The van der Waals surface area contributed by atoms with Gasteiger partial charge < -0.3 is 4.74 Å². The van der Waals surface area contributed by atoms with Gasteiger partial charge >= 0.3 is 10.2 Å². The molecule has 0 amide bonds. The maximum absolute atomic E-state index is 13.7. The van der Waals surface area contributed by atoms with Crippen LogP contribution in [0, 0.1) is 5.82 Å². The molecule has 1 rings (SSSR count). The topological polar surface area (TPSA) is 84.8 Å². The number of nitrogens with zero attached hydrogens (tertiary/aromatic N) is 1. The van der Waals surface area contributed by atoms with E-state index in [-0.39, 0.29) is 23.6 Å². The quantitative estimate of drug-likeness (QED) is 0.819. The zero-order valence-electron chi connectivity index (χ0n) is 12.1. The fourth-order valence-corrected chi connectivity index (χ4v) is 4.71. The monoisotopic (exact) mass is 338 g/mol. The predicted octanol–water partition coefficient (Wildman–Crippen LogP) is 1.68. The average Bonchev–Trinajstić information content (AvgIpc) is 2.45. The van der Waals surface area contributed by atoms with Gasteiger partial charge in [0.25, 0.3) is 0 Å². The Morgan fingerprint density at radius 2 is 1.86 bits per heavy atom. The van der Waals surface area contributed by atoms with E-state index in [1.165, 1.54) is 19.2 Å². The third-order valence-corrected chi connectivity index (χ3v) is 7.03. The van der Waals surface area contributed by atoms with Crippen molar-refractivity contribution in [1.29, 1.82) is 0 Å². The first-order valence-corrected chi connectivity index (χ1v) is 9.60. The third-order valence-electron chi connectivity index (χ3n) is 2.84. The molecule has 9 heteroatoms. The Kier molecular flexibility index (Phi) is 6.11. The number of rotatable bonds is 7. The molecule has 0 aromatic heterocycles. The molecule has 0 aliphatic rings. The third kappa shape index (κ3) is 5.25. The first-order valence-electron chi connectivity index (χ1n) is 6.31. The predicted molar refractivity (Wildman–Crippen MR) is 80.4 cm³/mol. The van der Waals surface area contributed by atoms with Crippen LogP contribution in [-0.4, -0.2) is 31.2 Å². The summed E-state index contributed by atoms with van der Waals surface area (Å²) < 4.78 is 59.6. The molecule has 0 spiro atoms. The number of ether oxygens (including phenoxy) is 1. The minimum atomic E-state index is -4.09. The van der Waals surface area contributed by atoms with Gasteiger partial charge in [-0.05, 0) is 6.07 Å². The van der Waals surface area contributed by atoms with Gasteiger partial charge in [-0.2, -0.15) is 13.1 Å². The fourth-order valence-electron chi connectivity index (χ4n) is 1.48. The molecule has 0 heterocycles. The van der Waals surface area contributed by atoms with E-state index < -0.39 is 25.8 Å². The van der Waals surface area contributed by atoms with Crippen LogP contribution in [-0.2, 0) is 26.5 Å². The Hall–Kier alpha value is -1.19. The van der Waals surface area contributed by atoms with Crippen LogP contribution in [0.5, 0.6) is 5.75 Å². The molecule has 0 fully saturated rings. The summed E-state index contributed by atoms with van der Waals surface area (Å²) >= 11 is 0. The van der Waals surface area contributed by atoms with Crippen molar-refractivity contribution in [1.82, 2.24) is 4.72 Å². The minimum absolute atomic E-state index is 0.140. The van der Waals surface area contributed by atoms with Crippen LogP contribution >= 0.6 is 0 Å². The minimum Gasteiger partial charge on any atom is -0.497 e. The summed E-state index contributed by atoms with van der Waals surface area (Å²) in [6.45, 7) is 2.94. The molecular weight excluding hydrogens is 319 g/mol. The summed E-state index contributed by atoms with van der Waals surface area (Å²) in [4.78, 5) is 0. The van der Waals surface area contributed by atoms with E-state index in [9.17, 15) is 17.0 Å². The van der Waals surface area contributed by atoms with Gasteiger partial charge in [0.1, 0.15) is 11.6 Å². The number of benzene rings is 1. The number of nitrogens with one attached hydrogen (secondary N) is 1. The molecule has 0 aliphatic carbocycles. The first kappa shape index (κ1) is 17.9. The second kappa shape index (κ2) is 7.19. The second-order valence-corrected chi connectivity index (χ2v) is 8.71. The highest BCUT2D eigenvalue weighted by Gasteiger charge is 2.14. The van der Waals surface area contributed by atoms with E-state index in [2.05, 4.69) is 8.49 Å². The van der Waals surface area contributed by atoms with E-state index in [0.29, 0.717) is 5.75 Å². The Labute approximate surface area is 125 Å². The van der Waals surface area contributed by atoms with Crippen LogP contribution in [0.25, 0.3) is 0 Å². The van der Waals surface area contributed by atoms with Crippen LogP contribution in [0.1, 0.15) is 19.4 Å². The van der Waals surface area contributed by atoms with Gasteiger partial charge in [0.2, 0.25) is 0 Å². The van der Waals surface area contributed by atoms with Crippen LogP contribution < -0.4 is 9.46 Å². The van der Waals surface area contributed by atoms with Crippen LogP contribution in [0.15, 0.2) is 22.0 Å². The highest BCUT2D eigenvalue weighted by Crippen LogP contribution is 2.16. The number of hydrogen-bond donors (Lipinski definition) is 1. The fraction of sp³-hybridized carbons (Fsp3) is 0.500. The van der Waals surface area contributed by atoms with Gasteiger partial charge in [-0.1, -0.05) is 23.7 Å². The lowest BCUT2D eigenvalue weighted by atomic mass is 10.2. The standard InChI is InChI=1S/C12H19FN2O4S2/c1-4-20(16,5-2)15-21(17,18)14-9-10-6-7-11(19-3)8-12(10)13/h6-8,14H,4-5,9H2,1-3H3. The molecule has 6 nitrogen and oxygen atoms in total. The lowest BCUT2D eigenvalue weighted by Crippen LogP contribution is -2.23. The zero-order chi connectivity index (χ0) is 16.1. The Morgan fingerprint density at radius 1 is 1.24 bits per heavy atom. The lowest BCUT2D eigenvalue weighted by Gasteiger charge is -2.08. The van der Waals surface area contributed by atoms with Crippen molar-refractivity contribution in [3.05, 3.63) is 29.6 Å². The molecule has 0 aliphatic heterocycles. The molecule has 0 saturated heterocycles. The number of methoxy groups -OCH3 is 1. The average molecular weight is 338 g/mol. The maximum atomic E-state index is 13.7. The SMILES string of the molecule is CCS(=O)(CC)=NS(=O)(=O)NCc1ccc(OC)cc1F. The molecule has 1 aromatic rings. The molecule has 1 N–H and O–H groups in total. The molecule has 0 radical (unpaired) electrons. The molecule has 1 aromatic carbocycles. The molecule has 120 valence electrons. The molecule has 0 unspecified atom stereocenters. The van der Waals surface area contributed by atoms with E-state index in [0.717, 1.165) is 6.07 Å². The van der Waals surface area contributed by atoms with Gasteiger partial charge in [-0.25, -0.2) is 8.60 Å². The Bertz CT molecular complexity index is 700. The normalized spacial score (nSPS) is 12.2. The van der Waals surface area contributed by atoms with Crippen molar-refractivity contribution in [2.75, 3.05) is 18.6 Å². The smallest absolute Gasteiger partial charge is 0.327 e.